The average Bonchev–Trinajstić information content (AvgIpc) is 3.05. The first-order valence-corrected chi connectivity index (χ1v) is 8.95. The Hall–Kier alpha value is -2.40. The highest BCUT2D eigenvalue weighted by Crippen LogP contribution is 2.26. The van der Waals surface area contributed by atoms with E-state index in [0.717, 1.165) is 12.1 Å². The molecular weight excluding hydrogens is 354 g/mol. The number of sulfonamides is 1. The Morgan fingerprint density at radius 2 is 1.84 bits per heavy atom. The number of nitrogens with two attached hydrogens (primary N) is 1. The number of primary amides is 1. The van der Waals surface area contributed by atoms with Crippen LogP contribution in [-0.2, 0) is 19.6 Å². The summed E-state index contributed by atoms with van der Waals surface area (Å²) in [5.41, 5.74) is 3.74. The van der Waals surface area contributed by atoms with Gasteiger partial charge in [0, 0.05) is 6.54 Å². The van der Waals surface area contributed by atoms with Crippen LogP contribution in [0.5, 0.6) is 0 Å². The van der Waals surface area contributed by atoms with E-state index in [4.69, 9.17) is 10.2 Å². The van der Waals surface area contributed by atoms with Crippen molar-refractivity contribution < 1.29 is 32.3 Å². The Kier molecular flexibility index (Phi) is 6.70. The molecule has 5 N–H and O–H groups in total. The van der Waals surface area contributed by atoms with Crippen LogP contribution in [0.2, 0.25) is 0 Å². The molecule has 1 heterocycles. The van der Waals surface area contributed by atoms with Crippen molar-refractivity contribution in [2.75, 3.05) is 13.1 Å². The van der Waals surface area contributed by atoms with Gasteiger partial charge in [-0.2, -0.15) is 4.72 Å². The van der Waals surface area contributed by atoms with E-state index in [2.05, 4.69) is 5.32 Å². The SMILES string of the molecule is CCC(CC)(CNC(=O)c1ccc(S(=O)(=O)NCC(N)=O)o1)C(=O)O. The fraction of sp³-hybridized carbons (Fsp3) is 0.500. The lowest BCUT2D eigenvalue weighted by atomic mass is 9.82. The zero-order valence-corrected chi connectivity index (χ0v) is 14.7. The molecule has 0 saturated carbocycles. The molecule has 1 aromatic rings. The van der Waals surface area contributed by atoms with Crippen molar-refractivity contribution in [3.05, 3.63) is 17.9 Å². The second kappa shape index (κ2) is 8.12. The summed E-state index contributed by atoms with van der Waals surface area (Å²) < 4.78 is 30.6. The molecule has 1 aromatic heterocycles. The minimum Gasteiger partial charge on any atom is -0.481 e. The van der Waals surface area contributed by atoms with Gasteiger partial charge in [0.05, 0.1) is 12.0 Å². The smallest absolute Gasteiger partial charge is 0.311 e. The molecule has 0 fully saturated rings. The number of aliphatic carboxylic acids is 1. The van der Waals surface area contributed by atoms with Gasteiger partial charge >= 0.3 is 5.97 Å². The number of carboxylic acid groups (broad SMARTS) is 1. The number of rotatable bonds is 10. The number of furan rings is 1. The van der Waals surface area contributed by atoms with E-state index in [9.17, 15) is 27.9 Å². The Labute approximate surface area is 144 Å². The summed E-state index contributed by atoms with van der Waals surface area (Å²) >= 11 is 0. The number of amides is 2. The van der Waals surface area contributed by atoms with Gasteiger partial charge in [0.2, 0.25) is 11.0 Å². The predicted octanol–water partition coefficient (Wildman–Crippen LogP) is -0.336. The summed E-state index contributed by atoms with van der Waals surface area (Å²) in [5.74, 6) is -2.96. The van der Waals surface area contributed by atoms with Crippen molar-refractivity contribution in [3.8, 4) is 0 Å². The maximum absolute atomic E-state index is 12.1. The fourth-order valence-corrected chi connectivity index (χ4v) is 2.96. The maximum Gasteiger partial charge on any atom is 0.311 e. The summed E-state index contributed by atoms with van der Waals surface area (Å²) in [6.45, 7) is 2.66. The molecule has 0 aliphatic rings. The zero-order chi connectivity index (χ0) is 19.3. The van der Waals surface area contributed by atoms with Crippen LogP contribution < -0.4 is 15.8 Å². The molecule has 25 heavy (non-hydrogen) atoms. The molecule has 0 aliphatic carbocycles. The Balaban J connectivity index is 2.84. The van der Waals surface area contributed by atoms with Gasteiger partial charge in [-0.15, -0.1) is 0 Å². The van der Waals surface area contributed by atoms with E-state index < -0.39 is 44.9 Å². The van der Waals surface area contributed by atoms with Gasteiger partial charge in [0.1, 0.15) is 0 Å². The van der Waals surface area contributed by atoms with Crippen LogP contribution in [0.4, 0.5) is 0 Å². The number of hydrogen-bond acceptors (Lipinski definition) is 6. The largest absolute Gasteiger partial charge is 0.481 e. The molecule has 0 atom stereocenters. The lowest BCUT2D eigenvalue weighted by molar-refractivity contribution is -0.149. The quantitative estimate of drug-likeness (QED) is 0.433. The fourth-order valence-electron chi connectivity index (χ4n) is 2.04. The molecule has 11 heteroatoms. The van der Waals surface area contributed by atoms with Crippen molar-refractivity contribution in [2.24, 2.45) is 11.1 Å². The standard InChI is InChI=1S/C14H21N3O7S/c1-3-14(4-2,13(20)21)8-16-12(19)9-5-6-11(24-9)25(22,23)17-7-10(15)18/h5-6,17H,3-4,7-8H2,1-2H3,(H2,15,18)(H,16,19)(H,20,21). The van der Waals surface area contributed by atoms with Gasteiger partial charge in [0.15, 0.2) is 5.76 Å². The van der Waals surface area contributed by atoms with Crippen molar-refractivity contribution in [1.29, 1.82) is 0 Å². The monoisotopic (exact) mass is 375 g/mol. The number of nitrogens with one attached hydrogen (secondary N) is 2. The minimum atomic E-state index is -4.13. The Morgan fingerprint density at radius 1 is 1.24 bits per heavy atom. The first-order chi connectivity index (χ1) is 11.6. The molecular formula is C14H21N3O7S. The highest BCUT2D eigenvalue weighted by molar-refractivity contribution is 7.89. The minimum absolute atomic E-state index is 0.128. The number of carboxylic acids is 1. The summed E-state index contributed by atoms with van der Waals surface area (Å²) in [6.07, 6.45) is 0.627. The summed E-state index contributed by atoms with van der Waals surface area (Å²) in [4.78, 5) is 34.1. The first kappa shape index (κ1) is 20.6. The van der Waals surface area contributed by atoms with Crippen LogP contribution in [-0.4, -0.2) is 44.4 Å². The van der Waals surface area contributed by atoms with E-state index in [0.29, 0.717) is 12.8 Å². The van der Waals surface area contributed by atoms with E-state index in [-0.39, 0.29) is 12.3 Å². The van der Waals surface area contributed by atoms with Crippen molar-refractivity contribution in [2.45, 2.75) is 31.8 Å². The van der Waals surface area contributed by atoms with Gasteiger partial charge in [-0.25, -0.2) is 8.42 Å². The van der Waals surface area contributed by atoms with Gasteiger partial charge in [-0.1, -0.05) is 13.8 Å². The molecule has 2 amide bonds. The third-order valence-corrected chi connectivity index (χ3v) is 5.17. The molecule has 140 valence electrons. The van der Waals surface area contributed by atoms with Gasteiger partial charge in [-0.05, 0) is 25.0 Å². The lowest BCUT2D eigenvalue weighted by Crippen LogP contribution is -2.42. The molecule has 0 bridgehead atoms. The lowest BCUT2D eigenvalue weighted by Gasteiger charge is -2.26. The molecule has 0 saturated heterocycles. The summed E-state index contributed by atoms with van der Waals surface area (Å²) in [7, 11) is -4.13. The normalized spacial score (nSPS) is 11.9. The van der Waals surface area contributed by atoms with Crippen molar-refractivity contribution in [1.82, 2.24) is 10.0 Å². The third-order valence-electron chi connectivity index (χ3n) is 3.90. The van der Waals surface area contributed by atoms with Gasteiger partial charge < -0.3 is 20.6 Å². The Bertz CT molecular complexity index is 750. The van der Waals surface area contributed by atoms with E-state index in [1.54, 1.807) is 13.8 Å². The summed E-state index contributed by atoms with van der Waals surface area (Å²) in [5, 5.41) is 11.2. The van der Waals surface area contributed by atoms with E-state index in [1.165, 1.54) is 0 Å². The molecule has 0 spiro atoms. The molecule has 10 nitrogen and oxygen atoms in total. The van der Waals surface area contributed by atoms with Gasteiger partial charge in [-0.3, -0.25) is 14.4 Å². The topological polar surface area (TPSA) is 169 Å². The zero-order valence-electron chi connectivity index (χ0n) is 13.9. The van der Waals surface area contributed by atoms with Gasteiger partial charge in [0.25, 0.3) is 15.9 Å². The second-order valence-corrected chi connectivity index (χ2v) is 7.08. The number of carbonyl (C=O) groups is 3. The molecule has 1 rings (SSSR count). The first-order valence-electron chi connectivity index (χ1n) is 7.47. The summed E-state index contributed by atoms with van der Waals surface area (Å²) in [6, 6.07) is 2.18. The highest BCUT2D eigenvalue weighted by Gasteiger charge is 2.35. The third kappa shape index (κ3) is 5.03. The van der Waals surface area contributed by atoms with Crippen LogP contribution in [0.3, 0.4) is 0 Å². The van der Waals surface area contributed by atoms with Crippen LogP contribution in [0.25, 0.3) is 0 Å². The molecule has 0 aliphatic heterocycles. The van der Waals surface area contributed by atoms with Crippen LogP contribution in [0.1, 0.15) is 37.2 Å². The van der Waals surface area contributed by atoms with Crippen LogP contribution in [0.15, 0.2) is 21.6 Å². The van der Waals surface area contributed by atoms with Crippen molar-refractivity contribution >= 4 is 27.8 Å². The predicted molar refractivity (Wildman–Crippen MR) is 86.1 cm³/mol. The van der Waals surface area contributed by atoms with E-state index >= 15 is 0 Å². The second-order valence-electron chi connectivity index (χ2n) is 5.38. The van der Waals surface area contributed by atoms with E-state index in [1.807, 2.05) is 4.72 Å². The van der Waals surface area contributed by atoms with Crippen LogP contribution >= 0.6 is 0 Å². The molecule has 0 unspecified atom stereocenters. The molecule has 0 radical (unpaired) electrons. The highest BCUT2D eigenvalue weighted by atomic mass is 32.2. The van der Waals surface area contributed by atoms with Crippen molar-refractivity contribution in [3.63, 3.8) is 0 Å². The number of hydrogen-bond donors (Lipinski definition) is 4. The Morgan fingerprint density at radius 3 is 2.32 bits per heavy atom. The average molecular weight is 375 g/mol. The van der Waals surface area contributed by atoms with Crippen LogP contribution in [0, 0.1) is 5.41 Å². The maximum atomic E-state index is 12.1. The number of carbonyl (C=O) groups excluding carboxylic acids is 2. The molecule has 0 aromatic carbocycles.